The third-order valence-electron chi connectivity index (χ3n) is 3.03. The van der Waals surface area contributed by atoms with Gasteiger partial charge in [0.1, 0.15) is 5.75 Å². The van der Waals surface area contributed by atoms with Crippen LogP contribution in [0.25, 0.3) is 0 Å². The van der Waals surface area contributed by atoms with E-state index in [1.54, 1.807) is 54.0 Å². The molecule has 112 valence electrons. The highest BCUT2D eigenvalue weighted by atomic mass is 35.5. The summed E-state index contributed by atoms with van der Waals surface area (Å²) in [6.45, 7) is 2.23. The van der Waals surface area contributed by atoms with E-state index in [1.165, 1.54) is 0 Å². The monoisotopic (exact) mass is 307 g/mol. The Balaban J connectivity index is 1.93. The first-order valence-electron chi connectivity index (χ1n) is 6.60. The van der Waals surface area contributed by atoms with Crippen LogP contribution in [0.15, 0.2) is 36.7 Å². The second-order valence-corrected chi connectivity index (χ2v) is 5.37. The molecule has 0 N–H and O–H groups in total. The lowest BCUT2D eigenvalue weighted by molar-refractivity contribution is -0.137. The van der Waals surface area contributed by atoms with Gasteiger partial charge in [-0.2, -0.15) is 5.10 Å². The number of rotatable bonds is 5. The molecule has 0 fully saturated rings. The summed E-state index contributed by atoms with van der Waals surface area (Å²) in [5.74, 6) is 0.531. The third-order valence-corrected chi connectivity index (χ3v) is 3.28. The highest BCUT2D eigenvalue weighted by Crippen LogP contribution is 2.17. The maximum absolute atomic E-state index is 12.3. The van der Waals surface area contributed by atoms with Gasteiger partial charge < -0.3 is 9.64 Å². The number of carbonyl (C=O) groups is 1. The lowest BCUT2D eigenvalue weighted by Gasteiger charge is -2.21. The van der Waals surface area contributed by atoms with Gasteiger partial charge in [-0.1, -0.05) is 11.6 Å². The molecule has 1 heterocycles. The average Bonchev–Trinajstić information content (AvgIpc) is 2.85. The first-order valence-corrected chi connectivity index (χ1v) is 6.98. The number of hydrogen-bond donors (Lipinski definition) is 0. The topological polar surface area (TPSA) is 47.4 Å². The number of benzene rings is 1. The van der Waals surface area contributed by atoms with Crippen LogP contribution in [0.2, 0.25) is 5.02 Å². The van der Waals surface area contributed by atoms with Crippen molar-refractivity contribution < 1.29 is 9.53 Å². The number of ether oxygens (including phenoxy) is 1. The van der Waals surface area contributed by atoms with Crippen molar-refractivity contribution in [2.24, 2.45) is 7.05 Å². The molecule has 2 rings (SSSR count). The largest absolute Gasteiger partial charge is 0.481 e. The summed E-state index contributed by atoms with van der Waals surface area (Å²) < 4.78 is 7.33. The van der Waals surface area contributed by atoms with E-state index in [1.807, 2.05) is 13.2 Å². The van der Waals surface area contributed by atoms with Crippen molar-refractivity contribution in [3.05, 3.63) is 47.2 Å². The van der Waals surface area contributed by atoms with Crippen molar-refractivity contribution in [2.45, 2.75) is 19.6 Å². The van der Waals surface area contributed by atoms with Crippen LogP contribution in [-0.4, -0.2) is 33.7 Å². The zero-order valence-electron chi connectivity index (χ0n) is 12.3. The van der Waals surface area contributed by atoms with E-state index in [2.05, 4.69) is 5.10 Å². The Morgan fingerprint density at radius 2 is 2.10 bits per heavy atom. The zero-order chi connectivity index (χ0) is 15.4. The number of likely N-dealkylation sites (N-methyl/N-ethyl adjacent to an activating group) is 1. The molecule has 0 radical (unpaired) electrons. The van der Waals surface area contributed by atoms with E-state index >= 15 is 0 Å². The number of aromatic nitrogens is 2. The van der Waals surface area contributed by atoms with Crippen LogP contribution in [0.1, 0.15) is 12.5 Å². The number of halogens is 1. The van der Waals surface area contributed by atoms with Gasteiger partial charge in [-0.05, 0) is 31.2 Å². The fourth-order valence-electron chi connectivity index (χ4n) is 1.98. The molecule has 0 spiro atoms. The molecule has 0 aliphatic rings. The predicted octanol–water partition coefficient (Wildman–Crippen LogP) is 2.50. The molecule has 1 aromatic heterocycles. The summed E-state index contributed by atoms with van der Waals surface area (Å²) in [5.41, 5.74) is 0.979. The van der Waals surface area contributed by atoms with Crippen LogP contribution >= 0.6 is 11.6 Å². The van der Waals surface area contributed by atoms with E-state index in [-0.39, 0.29) is 5.91 Å². The number of nitrogens with zero attached hydrogens (tertiary/aromatic N) is 3. The Kier molecular flexibility index (Phi) is 4.85. The van der Waals surface area contributed by atoms with Gasteiger partial charge in [-0.15, -0.1) is 0 Å². The van der Waals surface area contributed by atoms with Crippen LogP contribution in [0.3, 0.4) is 0 Å². The second kappa shape index (κ2) is 6.63. The van der Waals surface area contributed by atoms with Gasteiger partial charge in [0.15, 0.2) is 6.10 Å². The van der Waals surface area contributed by atoms with Gasteiger partial charge in [0.05, 0.1) is 6.20 Å². The van der Waals surface area contributed by atoms with Crippen LogP contribution in [0.5, 0.6) is 5.75 Å². The van der Waals surface area contributed by atoms with E-state index in [0.717, 1.165) is 5.56 Å². The fraction of sp³-hybridized carbons (Fsp3) is 0.333. The minimum absolute atomic E-state index is 0.0891. The third kappa shape index (κ3) is 4.23. The molecule has 1 atom stereocenters. The number of hydrogen-bond acceptors (Lipinski definition) is 3. The standard InChI is InChI=1S/C15H18ClN3O2/c1-11(21-14-6-4-13(16)5-7-14)15(20)18(2)9-12-8-17-19(3)10-12/h4-8,10-11H,9H2,1-3H3. The lowest BCUT2D eigenvalue weighted by Crippen LogP contribution is -2.37. The lowest BCUT2D eigenvalue weighted by atomic mass is 10.3. The van der Waals surface area contributed by atoms with Gasteiger partial charge in [0.2, 0.25) is 0 Å². The van der Waals surface area contributed by atoms with E-state index in [0.29, 0.717) is 17.3 Å². The molecule has 1 aromatic carbocycles. The highest BCUT2D eigenvalue weighted by molar-refractivity contribution is 6.30. The molecule has 0 aliphatic heterocycles. The summed E-state index contributed by atoms with van der Waals surface area (Å²) >= 11 is 5.81. The molecular formula is C15H18ClN3O2. The molecule has 2 aromatic rings. The average molecular weight is 308 g/mol. The molecule has 5 nitrogen and oxygen atoms in total. The van der Waals surface area contributed by atoms with Crippen LogP contribution in [-0.2, 0) is 18.4 Å². The minimum atomic E-state index is -0.562. The molecule has 0 saturated heterocycles. The second-order valence-electron chi connectivity index (χ2n) is 4.93. The Labute approximate surface area is 129 Å². The Bertz CT molecular complexity index is 610. The van der Waals surface area contributed by atoms with Crippen molar-refractivity contribution >= 4 is 17.5 Å². The van der Waals surface area contributed by atoms with Crippen molar-refractivity contribution in [3.63, 3.8) is 0 Å². The number of aryl methyl sites for hydroxylation is 1. The maximum Gasteiger partial charge on any atom is 0.263 e. The summed E-state index contributed by atoms with van der Waals surface area (Å²) in [4.78, 5) is 13.9. The van der Waals surface area contributed by atoms with Crippen molar-refractivity contribution in [1.82, 2.24) is 14.7 Å². The van der Waals surface area contributed by atoms with Gasteiger partial charge in [0, 0.05) is 37.4 Å². The number of carbonyl (C=O) groups excluding carboxylic acids is 1. The Morgan fingerprint density at radius 1 is 1.43 bits per heavy atom. The number of amides is 1. The summed E-state index contributed by atoms with van der Waals surface area (Å²) in [7, 11) is 3.59. The van der Waals surface area contributed by atoms with Crippen molar-refractivity contribution in [3.8, 4) is 5.75 Å². The fourth-order valence-corrected chi connectivity index (χ4v) is 2.11. The Hall–Kier alpha value is -2.01. The molecule has 21 heavy (non-hydrogen) atoms. The highest BCUT2D eigenvalue weighted by Gasteiger charge is 2.19. The molecule has 6 heteroatoms. The Morgan fingerprint density at radius 3 is 2.67 bits per heavy atom. The SMILES string of the molecule is CC(Oc1ccc(Cl)cc1)C(=O)N(C)Cc1cnn(C)c1. The smallest absolute Gasteiger partial charge is 0.263 e. The van der Waals surface area contributed by atoms with Gasteiger partial charge >= 0.3 is 0 Å². The van der Waals surface area contributed by atoms with Crippen LogP contribution in [0, 0.1) is 0 Å². The van der Waals surface area contributed by atoms with E-state index in [4.69, 9.17) is 16.3 Å². The molecule has 0 saturated carbocycles. The normalized spacial score (nSPS) is 12.0. The summed E-state index contributed by atoms with van der Waals surface area (Å²) in [6.07, 6.45) is 3.07. The predicted molar refractivity (Wildman–Crippen MR) is 81.2 cm³/mol. The van der Waals surface area contributed by atoms with Crippen molar-refractivity contribution in [2.75, 3.05) is 7.05 Å². The molecule has 0 aliphatic carbocycles. The minimum Gasteiger partial charge on any atom is -0.481 e. The summed E-state index contributed by atoms with van der Waals surface area (Å²) in [5, 5.41) is 4.72. The molecule has 0 bridgehead atoms. The van der Waals surface area contributed by atoms with E-state index in [9.17, 15) is 4.79 Å². The quantitative estimate of drug-likeness (QED) is 0.852. The molecular weight excluding hydrogens is 290 g/mol. The molecule has 1 amide bonds. The molecule has 1 unspecified atom stereocenters. The maximum atomic E-state index is 12.3. The summed E-state index contributed by atoms with van der Waals surface area (Å²) in [6, 6.07) is 6.95. The van der Waals surface area contributed by atoms with Gasteiger partial charge in [-0.3, -0.25) is 9.48 Å². The van der Waals surface area contributed by atoms with Gasteiger partial charge in [0.25, 0.3) is 5.91 Å². The zero-order valence-corrected chi connectivity index (χ0v) is 13.0. The van der Waals surface area contributed by atoms with Crippen LogP contribution < -0.4 is 4.74 Å². The van der Waals surface area contributed by atoms with Gasteiger partial charge in [-0.25, -0.2) is 0 Å². The first kappa shape index (κ1) is 15.4. The van der Waals surface area contributed by atoms with Crippen molar-refractivity contribution in [1.29, 1.82) is 0 Å². The van der Waals surface area contributed by atoms with E-state index < -0.39 is 6.10 Å². The first-order chi connectivity index (χ1) is 9.95. The van der Waals surface area contributed by atoms with Crippen LogP contribution in [0.4, 0.5) is 0 Å².